The molecule has 0 bridgehead atoms. The van der Waals surface area contributed by atoms with Crippen LogP contribution in [0.25, 0.3) is 0 Å². The first kappa shape index (κ1) is 19.6. The van der Waals surface area contributed by atoms with Crippen molar-refractivity contribution in [2.24, 2.45) is 0 Å². The molecule has 1 heterocycles. The van der Waals surface area contributed by atoms with E-state index in [-0.39, 0.29) is 22.5 Å². The maximum Gasteiger partial charge on any atom is 0.427 e. The number of anilines is 1. The number of nitrogens with zero attached hydrogens (tertiary/aromatic N) is 1. The Hall–Kier alpha value is -2.75. The first-order valence-corrected chi connectivity index (χ1v) is 8.36. The van der Waals surface area contributed by atoms with E-state index in [4.69, 9.17) is 0 Å². The molecule has 0 saturated heterocycles. The summed E-state index contributed by atoms with van der Waals surface area (Å²) in [5.74, 6) is -0.477. The van der Waals surface area contributed by atoms with Gasteiger partial charge in [-0.05, 0) is 18.9 Å². The number of hydrogen-bond donors (Lipinski definition) is 4. The second kappa shape index (κ2) is 8.56. The summed E-state index contributed by atoms with van der Waals surface area (Å²) in [5, 5.41) is 16.6. The predicted octanol–water partition coefficient (Wildman–Crippen LogP) is 3.86. The SMILES string of the molecule is CC(Cc1ccccc1)N/C=C(\O)NC(=O)Nc1ncc(C(F)(F)F)s1. The average Bonchev–Trinajstić information content (AvgIpc) is 3.02. The molecule has 140 valence electrons. The van der Waals surface area contributed by atoms with Gasteiger partial charge < -0.3 is 10.4 Å². The molecule has 0 spiro atoms. The number of carbonyl (C=O) groups is 1. The topological polar surface area (TPSA) is 86.3 Å². The molecule has 0 saturated carbocycles. The fraction of sp³-hybridized carbons (Fsp3) is 0.250. The number of alkyl halides is 3. The largest absolute Gasteiger partial charge is 0.493 e. The molecule has 2 amide bonds. The number of thiazole rings is 1. The third-order valence-corrected chi connectivity index (χ3v) is 4.09. The van der Waals surface area contributed by atoms with Gasteiger partial charge in [0.05, 0.1) is 12.4 Å². The summed E-state index contributed by atoms with van der Waals surface area (Å²) in [4.78, 5) is 14.2. The Balaban J connectivity index is 1.80. The van der Waals surface area contributed by atoms with Gasteiger partial charge in [0.1, 0.15) is 4.88 Å². The molecule has 0 radical (unpaired) electrons. The second-order valence-electron chi connectivity index (χ2n) is 5.39. The van der Waals surface area contributed by atoms with Gasteiger partial charge in [0.25, 0.3) is 0 Å². The molecule has 1 aromatic heterocycles. The van der Waals surface area contributed by atoms with E-state index in [1.54, 1.807) is 0 Å². The van der Waals surface area contributed by atoms with Crippen LogP contribution in [0, 0.1) is 0 Å². The van der Waals surface area contributed by atoms with E-state index >= 15 is 0 Å². The molecule has 1 unspecified atom stereocenters. The highest BCUT2D eigenvalue weighted by Crippen LogP contribution is 2.34. The molecule has 2 aromatic rings. The van der Waals surface area contributed by atoms with Crippen LogP contribution in [0.2, 0.25) is 0 Å². The monoisotopic (exact) mass is 386 g/mol. The number of aliphatic hydroxyl groups is 1. The van der Waals surface area contributed by atoms with E-state index in [1.165, 1.54) is 6.20 Å². The van der Waals surface area contributed by atoms with Crippen molar-refractivity contribution in [3.05, 3.63) is 59.1 Å². The Kier molecular flexibility index (Phi) is 6.45. The summed E-state index contributed by atoms with van der Waals surface area (Å²) < 4.78 is 37.4. The molecule has 26 heavy (non-hydrogen) atoms. The zero-order valence-corrected chi connectivity index (χ0v) is 14.5. The number of benzene rings is 1. The van der Waals surface area contributed by atoms with E-state index in [0.29, 0.717) is 12.6 Å². The van der Waals surface area contributed by atoms with Gasteiger partial charge in [-0.1, -0.05) is 41.7 Å². The Morgan fingerprint density at radius 3 is 2.65 bits per heavy atom. The molecule has 0 aliphatic heterocycles. The molecular formula is C16H17F3N4O2S. The zero-order chi connectivity index (χ0) is 19.2. The molecule has 10 heteroatoms. The number of urea groups is 1. The summed E-state index contributed by atoms with van der Waals surface area (Å²) in [7, 11) is 0. The molecule has 0 aliphatic carbocycles. The second-order valence-corrected chi connectivity index (χ2v) is 6.42. The minimum absolute atomic E-state index is 0.0160. The molecule has 1 atom stereocenters. The maximum atomic E-state index is 12.5. The maximum absolute atomic E-state index is 12.5. The van der Waals surface area contributed by atoms with Crippen molar-refractivity contribution in [1.82, 2.24) is 15.6 Å². The average molecular weight is 386 g/mol. The normalized spacial score (nSPS) is 13.2. The van der Waals surface area contributed by atoms with Gasteiger partial charge in [-0.15, -0.1) is 0 Å². The molecule has 4 N–H and O–H groups in total. The lowest BCUT2D eigenvalue weighted by molar-refractivity contribution is -0.134. The lowest BCUT2D eigenvalue weighted by Gasteiger charge is -2.12. The number of carbonyl (C=O) groups excluding carboxylic acids is 1. The number of aliphatic hydroxyl groups excluding tert-OH is 1. The van der Waals surface area contributed by atoms with Gasteiger partial charge >= 0.3 is 12.2 Å². The van der Waals surface area contributed by atoms with Gasteiger partial charge in [-0.3, -0.25) is 10.6 Å². The van der Waals surface area contributed by atoms with Crippen LogP contribution < -0.4 is 16.0 Å². The molecule has 2 rings (SSSR count). The lowest BCUT2D eigenvalue weighted by Crippen LogP contribution is -2.30. The van der Waals surface area contributed by atoms with Crippen molar-refractivity contribution in [2.75, 3.05) is 5.32 Å². The fourth-order valence-electron chi connectivity index (χ4n) is 1.99. The highest BCUT2D eigenvalue weighted by Gasteiger charge is 2.33. The van der Waals surface area contributed by atoms with E-state index in [0.717, 1.165) is 5.56 Å². The van der Waals surface area contributed by atoms with Crippen LogP contribution in [0.1, 0.15) is 17.4 Å². The summed E-state index contributed by atoms with van der Waals surface area (Å²) in [6.07, 6.45) is -1.98. The van der Waals surface area contributed by atoms with Gasteiger partial charge in [-0.25, -0.2) is 9.78 Å². The lowest BCUT2D eigenvalue weighted by atomic mass is 10.1. The summed E-state index contributed by atoms with van der Waals surface area (Å²) in [6, 6.07) is 8.77. The Labute approximate surface area is 151 Å². The van der Waals surface area contributed by atoms with Crippen LogP contribution in [0.15, 0.2) is 48.6 Å². The molecular weight excluding hydrogens is 369 g/mol. The number of hydrogen-bond acceptors (Lipinski definition) is 5. The van der Waals surface area contributed by atoms with Crippen molar-refractivity contribution >= 4 is 22.5 Å². The number of rotatable bonds is 6. The quantitative estimate of drug-likeness (QED) is 0.568. The number of aromatic nitrogens is 1. The Morgan fingerprint density at radius 2 is 2.04 bits per heavy atom. The molecule has 0 fully saturated rings. The number of amides is 2. The highest BCUT2D eigenvalue weighted by molar-refractivity contribution is 7.15. The van der Waals surface area contributed by atoms with E-state index in [1.807, 2.05) is 37.3 Å². The van der Waals surface area contributed by atoms with Gasteiger partial charge in [0.15, 0.2) is 5.13 Å². The predicted molar refractivity (Wildman–Crippen MR) is 92.7 cm³/mol. The van der Waals surface area contributed by atoms with Crippen LogP contribution >= 0.6 is 11.3 Å². The Morgan fingerprint density at radius 1 is 1.35 bits per heavy atom. The Bertz CT molecular complexity index is 762. The summed E-state index contributed by atoms with van der Waals surface area (Å²) in [6.45, 7) is 1.89. The zero-order valence-electron chi connectivity index (χ0n) is 13.7. The molecule has 0 aliphatic rings. The first-order valence-electron chi connectivity index (χ1n) is 7.54. The van der Waals surface area contributed by atoms with Crippen molar-refractivity contribution < 1.29 is 23.1 Å². The van der Waals surface area contributed by atoms with Crippen molar-refractivity contribution in [3.63, 3.8) is 0 Å². The molecule has 6 nitrogen and oxygen atoms in total. The van der Waals surface area contributed by atoms with Crippen LogP contribution in [0.4, 0.5) is 23.1 Å². The third-order valence-electron chi connectivity index (χ3n) is 3.14. The van der Waals surface area contributed by atoms with Crippen molar-refractivity contribution in [1.29, 1.82) is 0 Å². The minimum atomic E-state index is -4.52. The van der Waals surface area contributed by atoms with Crippen LogP contribution in [-0.2, 0) is 12.6 Å². The van der Waals surface area contributed by atoms with Gasteiger partial charge in [0.2, 0.25) is 5.88 Å². The summed E-state index contributed by atoms with van der Waals surface area (Å²) >= 11 is 0.290. The van der Waals surface area contributed by atoms with Crippen molar-refractivity contribution in [3.8, 4) is 0 Å². The van der Waals surface area contributed by atoms with Crippen LogP contribution in [0.5, 0.6) is 0 Å². The molecule has 1 aromatic carbocycles. The van der Waals surface area contributed by atoms with Crippen LogP contribution in [0.3, 0.4) is 0 Å². The third kappa shape index (κ3) is 6.28. The van der Waals surface area contributed by atoms with Gasteiger partial charge in [0, 0.05) is 6.04 Å². The standard InChI is InChI=1S/C16H17F3N4O2S/c1-10(7-11-5-3-2-4-6-11)20-9-13(24)22-14(25)23-15-21-8-12(26-15)16(17,18)19/h2-6,8-10,20,24H,7H2,1H3,(H2,21,22,23,25)/b13-9-. The van der Waals surface area contributed by atoms with Crippen LogP contribution in [-0.4, -0.2) is 22.2 Å². The minimum Gasteiger partial charge on any atom is -0.493 e. The van der Waals surface area contributed by atoms with E-state index < -0.39 is 23.0 Å². The smallest absolute Gasteiger partial charge is 0.427 e. The first-order chi connectivity index (χ1) is 12.2. The summed E-state index contributed by atoms with van der Waals surface area (Å²) in [5.41, 5.74) is 1.11. The number of nitrogens with one attached hydrogen (secondary N) is 3. The van der Waals surface area contributed by atoms with E-state index in [9.17, 15) is 23.1 Å². The van der Waals surface area contributed by atoms with Gasteiger partial charge in [-0.2, -0.15) is 13.2 Å². The van der Waals surface area contributed by atoms with E-state index in [2.05, 4.69) is 20.9 Å². The fourth-order valence-corrected chi connectivity index (χ4v) is 2.67. The highest BCUT2D eigenvalue weighted by atomic mass is 32.1. The number of halogens is 3. The van der Waals surface area contributed by atoms with Crippen molar-refractivity contribution in [2.45, 2.75) is 25.6 Å².